The number of rotatable bonds is 4. The van der Waals surface area contributed by atoms with Gasteiger partial charge in [0.15, 0.2) is 0 Å². The van der Waals surface area contributed by atoms with Gasteiger partial charge in [-0.05, 0) is 25.0 Å². The third-order valence-electron chi connectivity index (χ3n) is 7.68. The van der Waals surface area contributed by atoms with E-state index >= 15 is 0 Å². The molecule has 0 fully saturated rings. The van der Waals surface area contributed by atoms with Gasteiger partial charge >= 0.3 is 179 Å². The van der Waals surface area contributed by atoms with Crippen LogP contribution in [0, 0.1) is 27.7 Å². The third-order valence-corrected chi connectivity index (χ3v) is 13.3. The molecule has 2 heterocycles. The van der Waals surface area contributed by atoms with E-state index in [0.29, 0.717) is 5.92 Å². The van der Waals surface area contributed by atoms with Gasteiger partial charge in [-0.1, -0.05) is 19.9 Å². The van der Waals surface area contributed by atoms with Crippen LogP contribution < -0.4 is 4.40 Å². The molecule has 2 aromatic heterocycles. The molecule has 0 spiro atoms. The maximum atomic E-state index is 4.96. The quantitative estimate of drug-likeness (QED) is 0.202. The summed E-state index contributed by atoms with van der Waals surface area (Å²) in [4.78, 5) is 6.34. The Morgan fingerprint density at radius 1 is 0.778 bits per heavy atom. The van der Waals surface area contributed by atoms with Gasteiger partial charge in [-0.3, -0.25) is 0 Å². The number of pyridine rings is 1. The molecule has 0 amide bonds. The Kier molecular flexibility index (Phi) is 6.41. The number of nitrogens with zero attached hydrogens (tertiary/aromatic N) is 1. The molecule has 0 aliphatic heterocycles. The molecule has 0 bridgehead atoms. The molecule has 3 aromatic carbocycles. The minimum Gasteiger partial charge on any atom is -0.0587 e. The smallest absolute Gasteiger partial charge is 0.0587 e. The Morgan fingerprint density at radius 3 is 2.17 bits per heavy atom. The van der Waals surface area contributed by atoms with E-state index in [9.17, 15) is 0 Å². The van der Waals surface area contributed by atoms with Crippen LogP contribution in [0.2, 0.25) is 17.3 Å². The minimum absolute atomic E-state index is 0.447. The van der Waals surface area contributed by atoms with Crippen LogP contribution in [-0.4, -0.2) is 18.3 Å². The van der Waals surface area contributed by atoms with Crippen molar-refractivity contribution in [2.24, 2.45) is 0 Å². The number of aromatic nitrogens is 1. The second-order valence-corrected chi connectivity index (χ2v) is 23.4. The molecule has 1 nitrogen and oxygen atoms in total. The molecule has 184 valence electrons. The minimum atomic E-state index is -1.86. The first-order chi connectivity index (χ1) is 17.0. The van der Waals surface area contributed by atoms with Crippen molar-refractivity contribution in [2.45, 2.75) is 64.7 Å². The van der Waals surface area contributed by atoms with Crippen LogP contribution in [-0.2, 0) is 0 Å². The standard InChI is InChI=1S/C33H37GeNS/c1-19(2)29-18-25(17-24-14-20(3)21(4)16-30(24)29)31-33-28(12-13-35-31)23(6)32(36-33)27-11-10-26(15-22(27)5)34(7,8)9/h10-19H,1-9H3. The van der Waals surface area contributed by atoms with E-state index in [2.05, 4.69) is 107 Å². The van der Waals surface area contributed by atoms with Gasteiger partial charge in [0.25, 0.3) is 0 Å². The topological polar surface area (TPSA) is 12.9 Å². The predicted octanol–water partition coefficient (Wildman–Crippen LogP) is 9.69. The SMILES string of the molecule is Cc1cc2cc(-c3nccc4c(C)c(-c5cc[c]([Ge]([CH3])([CH3])[CH3])cc5C)sc34)cc(C(C)C)c2cc1C. The zero-order valence-corrected chi connectivity index (χ0v) is 26.0. The first kappa shape index (κ1) is 25.2. The Labute approximate surface area is 223 Å². The predicted molar refractivity (Wildman–Crippen MR) is 164 cm³/mol. The van der Waals surface area contributed by atoms with Gasteiger partial charge in [-0.25, -0.2) is 0 Å². The van der Waals surface area contributed by atoms with E-state index in [-0.39, 0.29) is 0 Å². The molecule has 0 unspecified atom stereocenters. The third kappa shape index (κ3) is 4.33. The number of aryl methyl sites for hydroxylation is 4. The molecule has 0 aliphatic carbocycles. The Balaban J connectivity index is 1.73. The summed E-state index contributed by atoms with van der Waals surface area (Å²) >= 11 is 0.0444. The van der Waals surface area contributed by atoms with Crippen LogP contribution >= 0.6 is 11.3 Å². The van der Waals surface area contributed by atoms with Gasteiger partial charge < -0.3 is 0 Å². The molecule has 0 aliphatic rings. The molecule has 0 N–H and O–H groups in total. The summed E-state index contributed by atoms with van der Waals surface area (Å²) in [5.74, 6) is 7.85. The van der Waals surface area contributed by atoms with Crippen molar-refractivity contribution in [3.63, 3.8) is 0 Å². The van der Waals surface area contributed by atoms with Crippen LogP contribution in [0.25, 0.3) is 42.6 Å². The Morgan fingerprint density at radius 2 is 1.50 bits per heavy atom. The summed E-state index contributed by atoms with van der Waals surface area (Å²) in [5.41, 5.74) is 10.5. The molecule has 3 heteroatoms. The zero-order valence-electron chi connectivity index (χ0n) is 23.1. The number of fused-ring (bicyclic) bond motifs is 2. The van der Waals surface area contributed by atoms with Crippen molar-refractivity contribution in [1.29, 1.82) is 0 Å². The van der Waals surface area contributed by atoms with Gasteiger partial charge in [0.05, 0.1) is 0 Å². The molecule has 5 aromatic rings. The van der Waals surface area contributed by atoms with Gasteiger partial charge in [0, 0.05) is 0 Å². The van der Waals surface area contributed by atoms with Crippen molar-refractivity contribution in [1.82, 2.24) is 4.98 Å². The maximum absolute atomic E-state index is 4.96. The van der Waals surface area contributed by atoms with Crippen molar-refractivity contribution in [2.75, 3.05) is 0 Å². The van der Waals surface area contributed by atoms with Crippen LogP contribution in [0.4, 0.5) is 0 Å². The first-order valence-corrected chi connectivity index (χ1v) is 21.2. The summed E-state index contributed by atoms with van der Waals surface area (Å²) in [5, 5.41) is 4.00. The average molecular weight is 552 g/mol. The molecule has 0 saturated heterocycles. The summed E-state index contributed by atoms with van der Waals surface area (Å²) in [6, 6.07) is 18.8. The molecule has 5 rings (SSSR count). The molecule has 0 atom stereocenters. The van der Waals surface area contributed by atoms with Crippen LogP contribution in [0.15, 0.2) is 54.7 Å². The van der Waals surface area contributed by atoms with E-state index in [1.54, 1.807) is 4.40 Å². The van der Waals surface area contributed by atoms with E-state index < -0.39 is 13.3 Å². The summed E-state index contributed by atoms with van der Waals surface area (Å²) < 4.78 is 2.86. The average Bonchev–Trinajstić information content (AvgIpc) is 3.15. The number of thiophene rings is 1. The molecule has 0 radical (unpaired) electrons. The fourth-order valence-electron chi connectivity index (χ4n) is 5.27. The zero-order chi connectivity index (χ0) is 25.9. The van der Waals surface area contributed by atoms with Gasteiger partial charge in [-0.15, -0.1) is 0 Å². The first-order valence-electron chi connectivity index (χ1n) is 13.0. The van der Waals surface area contributed by atoms with Crippen LogP contribution in [0.5, 0.6) is 0 Å². The second-order valence-electron chi connectivity index (χ2n) is 11.7. The van der Waals surface area contributed by atoms with Crippen molar-refractivity contribution >= 4 is 49.9 Å². The van der Waals surface area contributed by atoms with Crippen molar-refractivity contribution in [3.05, 3.63) is 82.5 Å². The number of hydrogen-bond acceptors (Lipinski definition) is 2. The van der Waals surface area contributed by atoms with Crippen LogP contribution in [0.1, 0.15) is 47.6 Å². The summed E-state index contributed by atoms with van der Waals surface area (Å²) in [7, 11) is 0. The van der Waals surface area contributed by atoms with E-state index in [1.165, 1.54) is 64.7 Å². The van der Waals surface area contributed by atoms with Crippen molar-refractivity contribution < 1.29 is 0 Å². The normalized spacial score (nSPS) is 12.3. The Bertz CT molecular complexity index is 1630. The summed E-state index contributed by atoms with van der Waals surface area (Å²) in [6.07, 6.45) is 1.99. The van der Waals surface area contributed by atoms with E-state index in [0.717, 1.165) is 5.69 Å². The molecule has 0 saturated carbocycles. The number of hydrogen-bond donors (Lipinski definition) is 0. The van der Waals surface area contributed by atoms with Gasteiger partial charge in [0.1, 0.15) is 0 Å². The van der Waals surface area contributed by atoms with Gasteiger partial charge in [-0.2, -0.15) is 0 Å². The molecule has 36 heavy (non-hydrogen) atoms. The van der Waals surface area contributed by atoms with E-state index in [4.69, 9.17) is 4.98 Å². The molecular formula is C33H37GeNS. The van der Waals surface area contributed by atoms with Crippen molar-refractivity contribution in [3.8, 4) is 21.7 Å². The fraction of sp³-hybridized carbons (Fsp3) is 0.303. The second kappa shape index (κ2) is 9.15. The van der Waals surface area contributed by atoms with E-state index in [1.807, 2.05) is 17.5 Å². The van der Waals surface area contributed by atoms with Crippen LogP contribution in [0.3, 0.4) is 0 Å². The summed E-state index contributed by atoms with van der Waals surface area (Å²) in [6.45, 7) is 13.6. The van der Waals surface area contributed by atoms with Gasteiger partial charge in [0.2, 0.25) is 0 Å². The fourth-order valence-corrected chi connectivity index (χ4v) is 9.26. The monoisotopic (exact) mass is 553 g/mol. The Hall–Kier alpha value is -2.43. The number of benzene rings is 3. The molecular weight excluding hydrogens is 515 g/mol.